The molecule has 1 atom stereocenters. The SMILES string of the molecule is CCOC(=O)C1(S(=N)(=O)NCc2ccc(OC)cc2)CC1. The van der Waals surface area contributed by atoms with Gasteiger partial charge in [-0.2, -0.15) is 0 Å². The Balaban J connectivity index is 2.02. The first-order valence-corrected chi connectivity index (χ1v) is 8.34. The van der Waals surface area contributed by atoms with E-state index in [4.69, 9.17) is 14.3 Å². The summed E-state index contributed by atoms with van der Waals surface area (Å²) >= 11 is 0. The number of rotatable bonds is 7. The first-order chi connectivity index (χ1) is 9.95. The summed E-state index contributed by atoms with van der Waals surface area (Å²) < 4.78 is 32.1. The lowest BCUT2D eigenvalue weighted by Gasteiger charge is -2.18. The summed E-state index contributed by atoms with van der Waals surface area (Å²) in [6.07, 6.45) is 0.869. The van der Waals surface area contributed by atoms with Gasteiger partial charge in [0.1, 0.15) is 15.7 Å². The molecular weight excluding hydrogens is 292 g/mol. The van der Waals surface area contributed by atoms with Gasteiger partial charge >= 0.3 is 5.97 Å². The molecule has 21 heavy (non-hydrogen) atoms. The number of hydrogen-bond donors (Lipinski definition) is 2. The van der Waals surface area contributed by atoms with Crippen LogP contribution in [0.5, 0.6) is 5.75 Å². The number of ether oxygens (including phenoxy) is 2. The molecule has 7 heteroatoms. The molecule has 0 heterocycles. The zero-order chi connectivity index (χ0) is 15.5. The summed E-state index contributed by atoms with van der Waals surface area (Å²) in [5, 5.41) is 0. The Morgan fingerprint density at radius 2 is 2.00 bits per heavy atom. The second-order valence-electron chi connectivity index (χ2n) is 4.94. The molecule has 0 spiro atoms. The molecule has 2 N–H and O–H groups in total. The van der Waals surface area contributed by atoms with Crippen LogP contribution in [0.25, 0.3) is 0 Å². The van der Waals surface area contributed by atoms with Gasteiger partial charge < -0.3 is 9.47 Å². The minimum Gasteiger partial charge on any atom is -0.497 e. The topological polar surface area (TPSA) is 88.5 Å². The highest BCUT2D eigenvalue weighted by atomic mass is 32.2. The van der Waals surface area contributed by atoms with Crippen LogP contribution in [0.3, 0.4) is 0 Å². The molecule has 0 radical (unpaired) electrons. The molecular formula is C14H20N2O4S. The molecule has 6 nitrogen and oxygen atoms in total. The van der Waals surface area contributed by atoms with Gasteiger partial charge in [-0.15, -0.1) is 0 Å². The lowest BCUT2D eigenvalue weighted by atomic mass is 10.2. The molecule has 0 aromatic heterocycles. The molecule has 0 bridgehead atoms. The largest absolute Gasteiger partial charge is 0.497 e. The highest BCUT2D eigenvalue weighted by Gasteiger charge is 2.59. The van der Waals surface area contributed by atoms with Crippen molar-refractivity contribution in [3.05, 3.63) is 29.8 Å². The molecule has 1 fully saturated rings. The Morgan fingerprint density at radius 1 is 1.38 bits per heavy atom. The maximum Gasteiger partial charge on any atom is 0.327 e. The van der Waals surface area contributed by atoms with E-state index in [9.17, 15) is 9.00 Å². The predicted molar refractivity (Wildman–Crippen MR) is 79.3 cm³/mol. The Bertz CT molecular complexity index is 606. The summed E-state index contributed by atoms with van der Waals surface area (Å²) in [6, 6.07) is 7.23. The highest BCUT2D eigenvalue weighted by Crippen LogP contribution is 2.44. The Kier molecular flexibility index (Phi) is 4.53. The van der Waals surface area contributed by atoms with Gasteiger partial charge in [-0.05, 0) is 37.5 Å². The molecule has 1 saturated carbocycles. The van der Waals surface area contributed by atoms with Crippen LogP contribution in [0.1, 0.15) is 25.3 Å². The highest BCUT2D eigenvalue weighted by molar-refractivity contribution is 7.93. The van der Waals surface area contributed by atoms with Crippen molar-refractivity contribution in [2.75, 3.05) is 13.7 Å². The number of carbonyl (C=O) groups excluding carboxylic acids is 1. The van der Waals surface area contributed by atoms with Crippen molar-refractivity contribution >= 4 is 15.9 Å². The average molecular weight is 312 g/mol. The Hall–Kier alpha value is -1.60. The number of esters is 1. The van der Waals surface area contributed by atoms with Gasteiger partial charge in [-0.1, -0.05) is 12.1 Å². The number of benzene rings is 1. The molecule has 1 unspecified atom stereocenters. The zero-order valence-corrected chi connectivity index (χ0v) is 13.0. The normalized spacial score (nSPS) is 18.6. The Labute approximate surface area is 124 Å². The van der Waals surface area contributed by atoms with Crippen LogP contribution in [0.15, 0.2) is 24.3 Å². The second kappa shape index (κ2) is 6.03. The standard InChI is InChI=1S/C14H20N2O4S/c1-3-20-13(17)14(8-9-14)21(15,18)16-10-11-4-6-12(19-2)7-5-11/h4-7H,3,8-10H2,1-2H3,(H2,15,16,18). The van der Waals surface area contributed by atoms with E-state index >= 15 is 0 Å². The molecule has 1 aliphatic carbocycles. The molecule has 1 aliphatic rings. The number of carbonyl (C=O) groups is 1. The lowest BCUT2D eigenvalue weighted by molar-refractivity contribution is -0.143. The summed E-state index contributed by atoms with van der Waals surface area (Å²) in [4.78, 5) is 11.9. The molecule has 1 aromatic rings. The van der Waals surface area contributed by atoms with Gasteiger partial charge in [0.2, 0.25) is 0 Å². The number of methoxy groups -OCH3 is 1. The van der Waals surface area contributed by atoms with Crippen molar-refractivity contribution in [2.45, 2.75) is 31.1 Å². The van der Waals surface area contributed by atoms with E-state index in [2.05, 4.69) is 4.72 Å². The zero-order valence-electron chi connectivity index (χ0n) is 12.2. The number of hydrogen-bond acceptors (Lipinski definition) is 5. The van der Waals surface area contributed by atoms with Crippen LogP contribution >= 0.6 is 0 Å². The van der Waals surface area contributed by atoms with Crippen LogP contribution in [-0.2, 0) is 26.0 Å². The Morgan fingerprint density at radius 3 is 2.48 bits per heavy atom. The van der Waals surface area contributed by atoms with Gasteiger partial charge in [0.25, 0.3) is 0 Å². The van der Waals surface area contributed by atoms with Gasteiger partial charge in [0, 0.05) is 6.54 Å². The van der Waals surface area contributed by atoms with Crippen molar-refractivity contribution in [2.24, 2.45) is 0 Å². The third-order valence-corrected chi connectivity index (χ3v) is 5.77. The fraction of sp³-hybridized carbons (Fsp3) is 0.500. The summed E-state index contributed by atoms with van der Waals surface area (Å²) in [5.41, 5.74) is 0.871. The predicted octanol–water partition coefficient (Wildman–Crippen LogP) is 1.84. The molecule has 0 aliphatic heterocycles. The van der Waals surface area contributed by atoms with Crippen LogP contribution in [0.2, 0.25) is 0 Å². The van der Waals surface area contributed by atoms with Crippen LogP contribution in [0.4, 0.5) is 0 Å². The van der Waals surface area contributed by atoms with E-state index in [0.717, 1.165) is 11.3 Å². The molecule has 0 saturated heterocycles. The van der Waals surface area contributed by atoms with Gasteiger partial charge in [-0.3, -0.25) is 4.79 Å². The monoisotopic (exact) mass is 312 g/mol. The van der Waals surface area contributed by atoms with E-state index in [1.165, 1.54) is 0 Å². The van der Waals surface area contributed by atoms with Crippen LogP contribution in [-0.4, -0.2) is 28.6 Å². The minimum atomic E-state index is -3.24. The van der Waals surface area contributed by atoms with E-state index in [-0.39, 0.29) is 13.2 Å². The second-order valence-corrected chi connectivity index (χ2v) is 7.12. The maximum atomic E-state index is 12.5. The van der Waals surface area contributed by atoms with Crippen molar-refractivity contribution in [3.8, 4) is 5.75 Å². The van der Waals surface area contributed by atoms with E-state index in [1.807, 2.05) is 12.1 Å². The van der Waals surface area contributed by atoms with Crippen molar-refractivity contribution in [1.82, 2.24) is 4.72 Å². The average Bonchev–Trinajstić information content (AvgIpc) is 3.28. The minimum absolute atomic E-state index is 0.231. The van der Waals surface area contributed by atoms with Gasteiger partial charge in [0.05, 0.1) is 13.7 Å². The summed E-state index contributed by atoms with van der Waals surface area (Å²) in [6.45, 7) is 2.19. The summed E-state index contributed by atoms with van der Waals surface area (Å²) in [7, 11) is -1.66. The molecule has 2 rings (SSSR count). The van der Waals surface area contributed by atoms with Crippen LogP contribution in [0, 0.1) is 4.78 Å². The first-order valence-electron chi connectivity index (χ1n) is 6.78. The van der Waals surface area contributed by atoms with E-state index < -0.39 is 20.6 Å². The van der Waals surface area contributed by atoms with Crippen LogP contribution < -0.4 is 9.46 Å². The first kappa shape index (κ1) is 15.8. The lowest BCUT2D eigenvalue weighted by Crippen LogP contribution is -2.41. The van der Waals surface area contributed by atoms with Crippen molar-refractivity contribution in [3.63, 3.8) is 0 Å². The maximum absolute atomic E-state index is 12.5. The molecule has 116 valence electrons. The van der Waals surface area contributed by atoms with E-state index in [1.54, 1.807) is 26.2 Å². The fourth-order valence-electron chi connectivity index (χ4n) is 2.05. The van der Waals surface area contributed by atoms with Crippen molar-refractivity contribution in [1.29, 1.82) is 4.78 Å². The smallest absolute Gasteiger partial charge is 0.327 e. The van der Waals surface area contributed by atoms with Gasteiger partial charge in [-0.25, -0.2) is 13.7 Å². The van der Waals surface area contributed by atoms with E-state index in [0.29, 0.717) is 12.8 Å². The molecule has 0 amide bonds. The third kappa shape index (κ3) is 3.19. The van der Waals surface area contributed by atoms with Gasteiger partial charge in [0.15, 0.2) is 4.75 Å². The summed E-state index contributed by atoms with van der Waals surface area (Å²) in [5.74, 6) is 0.197. The molecule has 1 aromatic carbocycles. The third-order valence-electron chi connectivity index (χ3n) is 3.54. The van der Waals surface area contributed by atoms with Crippen molar-refractivity contribution < 1.29 is 18.5 Å². The quantitative estimate of drug-likeness (QED) is 0.752. The fourth-order valence-corrected chi connectivity index (χ4v) is 3.67. The number of nitrogens with one attached hydrogen (secondary N) is 2.